The summed E-state index contributed by atoms with van der Waals surface area (Å²) in [6.45, 7) is 7.86. The summed E-state index contributed by atoms with van der Waals surface area (Å²) < 4.78 is 20.2. The molecule has 4 aromatic rings. The van der Waals surface area contributed by atoms with Crippen LogP contribution in [-0.4, -0.2) is 66.0 Å². The number of likely N-dealkylation sites (tertiary alicyclic amines) is 1. The normalized spacial score (nSPS) is 17.7. The molecule has 0 unspecified atom stereocenters. The molecule has 0 saturated carbocycles. The monoisotopic (exact) mass is 550 g/mol. The zero-order chi connectivity index (χ0) is 28.6. The van der Waals surface area contributed by atoms with Crippen LogP contribution in [0.2, 0.25) is 0 Å². The maximum Gasteiger partial charge on any atom is 0.407 e. The fourth-order valence-corrected chi connectivity index (χ4v) is 4.71. The summed E-state index contributed by atoms with van der Waals surface area (Å²) in [6.07, 6.45) is 2.17. The van der Waals surface area contributed by atoms with E-state index >= 15 is 4.39 Å². The number of nitrogens with one attached hydrogen (secondary N) is 3. The number of piperidine rings is 1. The van der Waals surface area contributed by atoms with Crippen molar-refractivity contribution in [3.63, 3.8) is 0 Å². The van der Waals surface area contributed by atoms with Crippen LogP contribution in [0.15, 0.2) is 35.0 Å². The van der Waals surface area contributed by atoms with Crippen LogP contribution >= 0.6 is 0 Å². The minimum atomic E-state index is -0.952. The molecule has 1 aliphatic heterocycles. The highest BCUT2D eigenvalue weighted by Gasteiger charge is 2.30. The number of nitrogens with zero attached hydrogens (tertiary/aromatic N) is 5. The number of aromatic nitrogens is 5. The molecular weight excluding hydrogens is 519 g/mol. The summed E-state index contributed by atoms with van der Waals surface area (Å²) >= 11 is 0. The number of benzene rings is 1. The summed E-state index contributed by atoms with van der Waals surface area (Å²) in [5.74, 6) is -0.341. The van der Waals surface area contributed by atoms with Gasteiger partial charge in [-0.05, 0) is 43.0 Å². The highest BCUT2D eigenvalue weighted by atomic mass is 19.1. The zero-order valence-electron chi connectivity index (χ0n) is 22.7. The maximum atomic E-state index is 15.2. The second kappa shape index (κ2) is 10.5. The zero-order valence-corrected chi connectivity index (χ0v) is 22.7. The predicted molar refractivity (Wildman–Crippen MR) is 144 cm³/mol. The van der Waals surface area contributed by atoms with E-state index in [9.17, 15) is 14.7 Å². The van der Waals surface area contributed by atoms with Gasteiger partial charge in [0, 0.05) is 42.3 Å². The van der Waals surface area contributed by atoms with Crippen LogP contribution in [0.5, 0.6) is 0 Å². The van der Waals surface area contributed by atoms with E-state index in [1.807, 2.05) is 27.7 Å². The van der Waals surface area contributed by atoms with Gasteiger partial charge in [-0.15, -0.1) is 0 Å². The van der Waals surface area contributed by atoms with Gasteiger partial charge in [0.05, 0.1) is 5.39 Å². The molecule has 12 nitrogen and oxygen atoms in total. The molecule has 1 saturated heterocycles. The molecule has 2 amide bonds. The fourth-order valence-electron chi connectivity index (χ4n) is 4.71. The quantitative estimate of drug-likeness (QED) is 0.274. The molecule has 5 rings (SSSR count). The first kappa shape index (κ1) is 27.0. The minimum Gasteiger partial charge on any atom is -0.465 e. The highest BCUT2D eigenvalue weighted by Crippen LogP contribution is 2.33. The van der Waals surface area contributed by atoms with E-state index < -0.39 is 17.8 Å². The average Bonchev–Trinajstić information content (AvgIpc) is 3.57. The van der Waals surface area contributed by atoms with Crippen LogP contribution in [0.3, 0.4) is 0 Å². The number of anilines is 1. The van der Waals surface area contributed by atoms with Crippen LogP contribution in [-0.2, 0) is 12.0 Å². The van der Waals surface area contributed by atoms with Crippen LogP contribution in [0.1, 0.15) is 62.6 Å². The summed E-state index contributed by atoms with van der Waals surface area (Å²) in [4.78, 5) is 34.0. The van der Waals surface area contributed by atoms with E-state index in [0.717, 1.165) is 12.8 Å². The van der Waals surface area contributed by atoms with Gasteiger partial charge in [0.2, 0.25) is 0 Å². The van der Waals surface area contributed by atoms with Crippen LogP contribution in [0.25, 0.3) is 22.2 Å². The Hall–Kier alpha value is -4.55. The lowest BCUT2D eigenvalue weighted by atomic mass is 9.96. The van der Waals surface area contributed by atoms with Crippen LogP contribution < -0.4 is 10.6 Å². The molecule has 0 bridgehead atoms. The second-order valence-corrected chi connectivity index (χ2v) is 11.0. The molecule has 0 radical (unpaired) electrons. The van der Waals surface area contributed by atoms with Crippen LogP contribution in [0, 0.1) is 5.82 Å². The molecule has 0 aliphatic carbocycles. The third kappa shape index (κ3) is 5.44. The number of H-pyrrole nitrogens is 1. The van der Waals surface area contributed by atoms with E-state index in [0.29, 0.717) is 40.3 Å². The third-order valence-corrected chi connectivity index (χ3v) is 7.02. The Morgan fingerprint density at radius 1 is 1.25 bits per heavy atom. The molecule has 1 fully saturated rings. The molecule has 4 heterocycles. The molecule has 3 aromatic heterocycles. The van der Waals surface area contributed by atoms with Gasteiger partial charge < -0.3 is 25.2 Å². The van der Waals surface area contributed by atoms with Crippen molar-refractivity contribution in [2.24, 2.45) is 0 Å². The van der Waals surface area contributed by atoms with Gasteiger partial charge >= 0.3 is 17.9 Å². The minimum absolute atomic E-state index is 0.0528. The molecule has 2 atom stereocenters. The van der Waals surface area contributed by atoms with Crippen molar-refractivity contribution >= 4 is 28.9 Å². The standard InChI is InChI=1S/C27H31FN8O4/c1-14-5-8-17(13-36(14)26(38)39)31-22-20-18(9-10-29-21(20)33-34-22)15-6-7-16(19(28)11-15)12-30-23(37)24-32-25(35-40-24)27(2,3)4/h6-7,9-11,14,17H,5,8,12-13H2,1-4H3,(H,30,37)(H,38,39)(H2,29,31,33,34)/t14-,17+/m0/s1. The lowest BCUT2D eigenvalue weighted by Gasteiger charge is -2.36. The maximum absolute atomic E-state index is 15.2. The molecule has 1 aromatic carbocycles. The SMILES string of the molecule is C[C@H]1CC[C@@H](Nc2n[nH]c3nccc(-c4ccc(CNC(=O)c5nc(C(C)(C)C)no5)c(F)c4)c23)CN1C(=O)O. The Balaban J connectivity index is 1.33. The van der Waals surface area contributed by atoms with Gasteiger partial charge in [0.15, 0.2) is 17.3 Å². The summed E-state index contributed by atoms with van der Waals surface area (Å²) in [7, 11) is 0. The number of aromatic amines is 1. The van der Waals surface area contributed by atoms with Crippen molar-refractivity contribution in [1.82, 2.24) is 35.5 Å². The molecule has 1 aliphatic rings. The van der Waals surface area contributed by atoms with Gasteiger partial charge in [0.25, 0.3) is 0 Å². The molecular formula is C27H31FN8O4. The number of hydrogen-bond acceptors (Lipinski definition) is 8. The number of carbonyl (C=O) groups is 2. The lowest BCUT2D eigenvalue weighted by Crippen LogP contribution is -2.49. The first-order valence-corrected chi connectivity index (χ1v) is 13.0. The molecule has 210 valence electrons. The van der Waals surface area contributed by atoms with E-state index in [2.05, 4.69) is 36.0 Å². The molecule has 4 N–H and O–H groups in total. The second-order valence-electron chi connectivity index (χ2n) is 11.0. The Morgan fingerprint density at radius 2 is 2.05 bits per heavy atom. The summed E-state index contributed by atoms with van der Waals surface area (Å²) in [5.41, 5.74) is 1.73. The van der Waals surface area contributed by atoms with Crippen molar-refractivity contribution < 1.29 is 23.6 Å². The first-order chi connectivity index (χ1) is 19.0. The largest absolute Gasteiger partial charge is 0.465 e. The third-order valence-electron chi connectivity index (χ3n) is 7.02. The van der Waals surface area contributed by atoms with E-state index in [4.69, 9.17) is 4.52 Å². The fraction of sp³-hybridized carbons (Fsp3) is 0.407. The Kier molecular flexibility index (Phi) is 7.13. The van der Waals surface area contributed by atoms with Crippen molar-refractivity contribution in [3.05, 3.63) is 53.6 Å². The summed E-state index contributed by atoms with van der Waals surface area (Å²) in [5, 5.41) is 27.3. The first-order valence-electron chi connectivity index (χ1n) is 13.0. The van der Waals surface area contributed by atoms with Crippen molar-refractivity contribution in [2.45, 2.75) is 64.6 Å². The van der Waals surface area contributed by atoms with E-state index in [-0.39, 0.29) is 35.5 Å². The number of hydrogen-bond donors (Lipinski definition) is 4. The number of halogens is 1. The topological polar surface area (TPSA) is 162 Å². The van der Waals surface area contributed by atoms with Crippen molar-refractivity contribution in [1.29, 1.82) is 0 Å². The van der Waals surface area contributed by atoms with Crippen molar-refractivity contribution in [3.8, 4) is 11.1 Å². The Labute approximate surface area is 229 Å². The van der Waals surface area contributed by atoms with Gasteiger partial charge in [0.1, 0.15) is 5.82 Å². The average molecular weight is 551 g/mol. The van der Waals surface area contributed by atoms with Crippen LogP contribution in [0.4, 0.5) is 15.0 Å². The number of carbonyl (C=O) groups excluding carboxylic acids is 1. The number of rotatable bonds is 6. The lowest BCUT2D eigenvalue weighted by molar-refractivity contribution is 0.0906. The van der Waals surface area contributed by atoms with Gasteiger partial charge in [-0.2, -0.15) is 10.1 Å². The Morgan fingerprint density at radius 3 is 2.75 bits per heavy atom. The highest BCUT2D eigenvalue weighted by molar-refractivity contribution is 6.00. The van der Waals surface area contributed by atoms with Gasteiger partial charge in [-0.1, -0.05) is 38.1 Å². The van der Waals surface area contributed by atoms with Gasteiger partial charge in [-0.25, -0.2) is 14.2 Å². The smallest absolute Gasteiger partial charge is 0.407 e. The Bertz CT molecular complexity index is 1560. The number of pyridine rings is 1. The van der Waals surface area contributed by atoms with Crippen molar-refractivity contribution in [2.75, 3.05) is 11.9 Å². The van der Waals surface area contributed by atoms with E-state index in [1.165, 1.54) is 11.0 Å². The molecule has 0 spiro atoms. The molecule has 13 heteroatoms. The van der Waals surface area contributed by atoms with Gasteiger partial charge in [-0.3, -0.25) is 9.89 Å². The summed E-state index contributed by atoms with van der Waals surface area (Å²) in [6, 6.07) is 6.34. The number of carboxylic acid groups (broad SMARTS) is 1. The predicted octanol–water partition coefficient (Wildman–Crippen LogP) is 4.32. The van der Waals surface area contributed by atoms with E-state index in [1.54, 1.807) is 24.4 Å². The molecule has 40 heavy (non-hydrogen) atoms. The number of fused-ring (bicyclic) bond motifs is 1. The number of amides is 2.